The number of rotatable bonds is 4. The monoisotopic (exact) mass is 273 g/mol. The Balaban J connectivity index is 2.78. The van der Waals surface area contributed by atoms with Crippen LogP contribution in [0.2, 0.25) is 0 Å². The molecule has 0 aromatic rings. The molecule has 1 heterocycles. The van der Waals surface area contributed by atoms with Gasteiger partial charge in [0, 0.05) is 20.1 Å². The highest BCUT2D eigenvalue weighted by atomic mass is 32.2. The van der Waals surface area contributed by atoms with E-state index in [0.717, 1.165) is 19.1 Å². The van der Waals surface area contributed by atoms with Gasteiger partial charge in [-0.25, -0.2) is 8.42 Å². The number of hydrogen-bond acceptors (Lipinski definition) is 4. The SMILES string of the molecule is CN(CCC#N)C(=O)C1CCCCN1S(C)(=O)=O. The smallest absolute Gasteiger partial charge is 0.240 e. The van der Waals surface area contributed by atoms with Gasteiger partial charge in [0.05, 0.1) is 18.7 Å². The highest BCUT2D eigenvalue weighted by Crippen LogP contribution is 2.21. The van der Waals surface area contributed by atoms with E-state index in [9.17, 15) is 13.2 Å². The molecule has 18 heavy (non-hydrogen) atoms. The molecule has 6 nitrogen and oxygen atoms in total. The molecule has 1 atom stereocenters. The average Bonchev–Trinajstić information content (AvgIpc) is 2.34. The number of amides is 1. The summed E-state index contributed by atoms with van der Waals surface area (Å²) in [4.78, 5) is 13.6. The van der Waals surface area contributed by atoms with Crippen LogP contribution in [0.15, 0.2) is 0 Å². The highest BCUT2D eigenvalue weighted by molar-refractivity contribution is 7.88. The fraction of sp³-hybridized carbons (Fsp3) is 0.818. The fourth-order valence-corrected chi connectivity index (χ4v) is 3.25. The standard InChI is InChI=1S/C11H19N3O3S/c1-13(8-5-7-12)11(15)10-6-3-4-9-14(10)18(2,16)17/h10H,3-6,8-9H2,1-2H3. The molecule has 1 aliphatic heterocycles. The van der Waals surface area contributed by atoms with Gasteiger partial charge in [-0.2, -0.15) is 9.57 Å². The van der Waals surface area contributed by atoms with Crippen LogP contribution in [-0.4, -0.2) is 56.0 Å². The molecule has 0 radical (unpaired) electrons. The summed E-state index contributed by atoms with van der Waals surface area (Å²) in [5, 5.41) is 8.49. The van der Waals surface area contributed by atoms with Crippen LogP contribution in [0.25, 0.3) is 0 Å². The van der Waals surface area contributed by atoms with Crippen LogP contribution in [0.5, 0.6) is 0 Å². The normalized spacial score (nSPS) is 21.3. The Bertz CT molecular complexity index is 441. The molecule has 0 saturated carbocycles. The van der Waals surface area contributed by atoms with Crippen molar-refractivity contribution in [2.45, 2.75) is 31.7 Å². The number of sulfonamides is 1. The Kier molecular flexibility index (Phi) is 5.11. The average molecular weight is 273 g/mol. The molecule has 1 unspecified atom stereocenters. The number of nitriles is 1. The van der Waals surface area contributed by atoms with Crippen LogP contribution >= 0.6 is 0 Å². The van der Waals surface area contributed by atoms with Gasteiger partial charge < -0.3 is 4.90 Å². The third-order valence-electron chi connectivity index (χ3n) is 3.10. The van der Waals surface area contributed by atoms with E-state index in [1.165, 1.54) is 9.21 Å². The molecule has 7 heteroatoms. The molecular formula is C11H19N3O3S. The zero-order valence-electron chi connectivity index (χ0n) is 10.8. The minimum absolute atomic E-state index is 0.213. The number of carbonyl (C=O) groups is 1. The summed E-state index contributed by atoms with van der Waals surface area (Å²) in [6.07, 6.45) is 3.60. The molecule has 0 aliphatic carbocycles. The molecule has 0 bridgehead atoms. The summed E-state index contributed by atoms with van der Waals surface area (Å²) >= 11 is 0. The van der Waals surface area contributed by atoms with Gasteiger partial charge in [0.15, 0.2) is 0 Å². The Morgan fingerprint density at radius 1 is 1.50 bits per heavy atom. The van der Waals surface area contributed by atoms with E-state index in [4.69, 9.17) is 5.26 Å². The summed E-state index contributed by atoms with van der Waals surface area (Å²) < 4.78 is 24.6. The van der Waals surface area contributed by atoms with E-state index in [1.807, 2.05) is 6.07 Å². The summed E-state index contributed by atoms with van der Waals surface area (Å²) in [5.41, 5.74) is 0. The Morgan fingerprint density at radius 2 is 2.17 bits per heavy atom. The summed E-state index contributed by atoms with van der Waals surface area (Å²) in [7, 11) is -1.75. The van der Waals surface area contributed by atoms with Crippen molar-refractivity contribution >= 4 is 15.9 Å². The van der Waals surface area contributed by atoms with Gasteiger partial charge >= 0.3 is 0 Å². The molecule has 0 spiro atoms. The Hall–Kier alpha value is -1.13. The van der Waals surface area contributed by atoms with Crippen LogP contribution in [0.1, 0.15) is 25.7 Å². The van der Waals surface area contributed by atoms with Gasteiger partial charge in [0.2, 0.25) is 15.9 Å². The first kappa shape index (κ1) is 14.9. The van der Waals surface area contributed by atoms with Gasteiger partial charge in [0.25, 0.3) is 0 Å². The van der Waals surface area contributed by atoms with Crippen molar-refractivity contribution in [1.82, 2.24) is 9.21 Å². The van der Waals surface area contributed by atoms with Gasteiger partial charge in [-0.15, -0.1) is 0 Å². The first-order valence-electron chi connectivity index (χ1n) is 5.96. The molecular weight excluding hydrogens is 254 g/mol. The number of carbonyl (C=O) groups excluding carboxylic acids is 1. The quantitative estimate of drug-likeness (QED) is 0.731. The highest BCUT2D eigenvalue weighted by Gasteiger charge is 2.35. The van der Waals surface area contributed by atoms with E-state index in [-0.39, 0.29) is 12.3 Å². The van der Waals surface area contributed by atoms with Crippen molar-refractivity contribution in [3.05, 3.63) is 0 Å². The van der Waals surface area contributed by atoms with Gasteiger partial charge in [0.1, 0.15) is 6.04 Å². The molecule has 1 saturated heterocycles. The lowest BCUT2D eigenvalue weighted by molar-refractivity contribution is -0.134. The second-order valence-corrected chi connectivity index (χ2v) is 6.49. The largest absolute Gasteiger partial charge is 0.343 e. The van der Waals surface area contributed by atoms with Gasteiger partial charge in [-0.1, -0.05) is 6.42 Å². The maximum absolute atomic E-state index is 12.2. The minimum atomic E-state index is -3.35. The maximum Gasteiger partial charge on any atom is 0.240 e. The van der Waals surface area contributed by atoms with Crippen molar-refractivity contribution in [3.63, 3.8) is 0 Å². The van der Waals surface area contributed by atoms with Crippen LogP contribution in [-0.2, 0) is 14.8 Å². The van der Waals surface area contributed by atoms with Crippen molar-refractivity contribution in [1.29, 1.82) is 5.26 Å². The maximum atomic E-state index is 12.2. The molecule has 1 amide bonds. The number of piperidine rings is 1. The number of hydrogen-bond donors (Lipinski definition) is 0. The third-order valence-corrected chi connectivity index (χ3v) is 4.39. The summed E-state index contributed by atoms with van der Waals surface area (Å²) in [6.45, 7) is 0.741. The van der Waals surface area contributed by atoms with E-state index in [1.54, 1.807) is 7.05 Å². The molecule has 1 aliphatic rings. The lowest BCUT2D eigenvalue weighted by Crippen LogP contribution is -2.52. The molecule has 0 N–H and O–H groups in total. The summed E-state index contributed by atoms with van der Waals surface area (Å²) in [5.74, 6) is -0.213. The van der Waals surface area contributed by atoms with E-state index in [2.05, 4.69) is 0 Å². The van der Waals surface area contributed by atoms with Gasteiger partial charge in [-0.05, 0) is 12.8 Å². The predicted octanol–water partition coefficient (Wildman–Crippen LogP) is 0.173. The second kappa shape index (κ2) is 6.16. The van der Waals surface area contributed by atoms with Crippen LogP contribution < -0.4 is 0 Å². The van der Waals surface area contributed by atoms with Crippen LogP contribution in [0.4, 0.5) is 0 Å². The molecule has 1 fully saturated rings. The molecule has 102 valence electrons. The van der Waals surface area contributed by atoms with Crippen molar-refractivity contribution < 1.29 is 13.2 Å². The van der Waals surface area contributed by atoms with E-state index in [0.29, 0.717) is 19.5 Å². The van der Waals surface area contributed by atoms with Gasteiger partial charge in [-0.3, -0.25) is 4.79 Å². The zero-order chi connectivity index (χ0) is 13.8. The zero-order valence-corrected chi connectivity index (χ0v) is 11.6. The third kappa shape index (κ3) is 3.68. The lowest BCUT2D eigenvalue weighted by atomic mass is 10.0. The first-order valence-corrected chi connectivity index (χ1v) is 7.81. The predicted molar refractivity (Wildman–Crippen MR) is 67.1 cm³/mol. The number of nitrogens with zero attached hydrogens (tertiary/aromatic N) is 3. The van der Waals surface area contributed by atoms with Crippen molar-refractivity contribution in [2.24, 2.45) is 0 Å². The second-order valence-electron chi connectivity index (χ2n) is 4.55. The first-order chi connectivity index (χ1) is 8.38. The Labute approximate surface area is 108 Å². The van der Waals surface area contributed by atoms with E-state index >= 15 is 0 Å². The number of likely N-dealkylation sites (N-methyl/N-ethyl adjacent to an activating group) is 1. The molecule has 0 aromatic carbocycles. The summed E-state index contributed by atoms with van der Waals surface area (Å²) in [6, 6.07) is 1.37. The molecule has 0 aromatic heterocycles. The molecule has 1 rings (SSSR count). The van der Waals surface area contributed by atoms with Crippen molar-refractivity contribution in [3.8, 4) is 6.07 Å². The van der Waals surface area contributed by atoms with Crippen LogP contribution in [0, 0.1) is 11.3 Å². The topological polar surface area (TPSA) is 81.5 Å². The van der Waals surface area contributed by atoms with Crippen LogP contribution in [0.3, 0.4) is 0 Å². The minimum Gasteiger partial charge on any atom is -0.343 e. The Morgan fingerprint density at radius 3 is 2.72 bits per heavy atom. The van der Waals surface area contributed by atoms with Crippen molar-refractivity contribution in [2.75, 3.05) is 26.4 Å². The lowest BCUT2D eigenvalue weighted by Gasteiger charge is -2.34. The fourth-order valence-electron chi connectivity index (χ4n) is 2.13. The van der Waals surface area contributed by atoms with E-state index < -0.39 is 16.1 Å².